The Morgan fingerprint density at radius 3 is 1.76 bits per heavy atom. The molecule has 0 aliphatic rings. The molecule has 1 N–H and O–H groups in total. The van der Waals surface area contributed by atoms with Gasteiger partial charge in [0.25, 0.3) is 0 Å². The zero-order chi connectivity index (χ0) is 13.4. The lowest BCUT2D eigenvalue weighted by atomic mass is 10.1. The Balaban J connectivity index is 3.46. The maximum Gasteiger partial charge on any atom is 0.108 e. The lowest BCUT2D eigenvalue weighted by molar-refractivity contribution is -0.976. The van der Waals surface area contributed by atoms with E-state index in [9.17, 15) is 0 Å². The highest BCUT2D eigenvalue weighted by Crippen LogP contribution is 2.15. The highest BCUT2D eigenvalue weighted by Gasteiger charge is 2.31. The molecule has 0 saturated heterocycles. The van der Waals surface area contributed by atoms with E-state index in [4.69, 9.17) is 0 Å². The molecule has 0 spiro atoms. The SMILES string of the molecule is CCCCCCCCCN[N+](C)(C)C(C)(C)C. The van der Waals surface area contributed by atoms with Gasteiger partial charge in [-0.05, 0) is 27.2 Å². The van der Waals surface area contributed by atoms with Gasteiger partial charge in [-0.3, -0.25) is 0 Å². The van der Waals surface area contributed by atoms with Crippen LogP contribution in [-0.4, -0.2) is 30.8 Å². The average Bonchev–Trinajstić information content (AvgIpc) is 2.20. The van der Waals surface area contributed by atoms with Crippen LogP contribution in [0.3, 0.4) is 0 Å². The Morgan fingerprint density at radius 2 is 1.29 bits per heavy atom. The van der Waals surface area contributed by atoms with Crippen LogP contribution in [0, 0.1) is 0 Å². The fourth-order valence-corrected chi connectivity index (χ4v) is 1.68. The van der Waals surface area contributed by atoms with E-state index in [1.54, 1.807) is 0 Å². The van der Waals surface area contributed by atoms with Gasteiger partial charge in [0, 0.05) is 6.54 Å². The summed E-state index contributed by atoms with van der Waals surface area (Å²) < 4.78 is 0.892. The van der Waals surface area contributed by atoms with E-state index < -0.39 is 0 Å². The average molecular weight is 243 g/mol. The van der Waals surface area contributed by atoms with Crippen LogP contribution in [-0.2, 0) is 0 Å². The van der Waals surface area contributed by atoms with E-state index in [1.165, 1.54) is 44.9 Å². The standard InChI is InChI=1S/C15H35N2/c1-7-8-9-10-11-12-13-14-16-17(5,6)15(2,3)4/h16H,7-14H2,1-6H3/q+1. The lowest BCUT2D eigenvalue weighted by Gasteiger charge is -2.41. The van der Waals surface area contributed by atoms with E-state index in [-0.39, 0.29) is 5.54 Å². The summed E-state index contributed by atoms with van der Waals surface area (Å²) in [7, 11) is 4.50. The molecule has 0 fully saturated rings. The van der Waals surface area contributed by atoms with Gasteiger partial charge in [-0.2, -0.15) is 5.43 Å². The molecule has 0 aromatic heterocycles. The third kappa shape index (κ3) is 7.77. The predicted molar refractivity (Wildman–Crippen MR) is 77.9 cm³/mol. The largest absolute Gasteiger partial charge is 0.246 e. The second-order valence-electron chi connectivity index (χ2n) is 6.65. The smallest absolute Gasteiger partial charge is 0.108 e. The molecule has 0 aromatic rings. The van der Waals surface area contributed by atoms with Crippen LogP contribution in [0.5, 0.6) is 0 Å². The van der Waals surface area contributed by atoms with Gasteiger partial charge in [-0.25, -0.2) is 4.59 Å². The van der Waals surface area contributed by atoms with E-state index in [2.05, 4.69) is 47.2 Å². The summed E-state index contributed by atoms with van der Waals surface area (Å²) in [5, 5.41) is 0. The zero-order valence-corrected chi connectivity index (χ0v) is 13.1. The second kappa shape index (κ2) is 8.10. The van der Waals surface area contributed by atoms with Crippen molar-refractivity contribution in [2.45, 2.75) is 78.2 Å². The topological polar surface area (TPSA) is 12.0 Å². The maximum atomic E-state index is 3.64. The normalized spacial score (nSPS) is 13.1. The Labute approximate surface area is 109 Å². The van der Waals surface area contributed by atoms with E-state index in [0.717, 1.165) is 11.1 Å². The van der Waals surface area contributed by atoms with Gasteiger partial charge in [0.1, 0.15) is 5.54 Å². The third-order valence-electron chi connectivity index (χ3n) is 3.96. The van der Waals surface area contributed by atoms with Crippen molar-refractivity contribution in [2.24, 2.45) is 0 Å². The minimum absolute atomic E-state index is 0.265. The molecule has 0 aliphatic heterocycles. The third-order valence-corrected chi connectivity index (χ3v) is 3.96. The van der Waals surface area contributed by atoms with Gasteiger partial charge in [0.05, 0.1) is 14.1 Å². The number of hydrogen-bond acceptors (Lipinski definition) is 1. The number of nitrogens with one attached hydrogen (secondary N) is 1. The summed E-state index contributed by atoms with van der Waals surface area (Å²) in [5.41, 5.74) is 3.90. The number of quaternary nitrogens is 1. The Bertz CT molecular complexity index is 180. The van der Waals surface area contributed by atoms with Gasteiger partial charge >= 0.3 is 0 Å². The quantitative estimate of drug-likeness (QED) is 0.365. The molecule has 0 bridgehead atoms. The highest BCUT2D eigenvalue weighted by atomic mass is 15.7. The fraction of sp³-hybridized carbons (Fsp3) is 1.00. The first-order chi connectivity index (χ1) is 7.81. The first kappa shape index (κ1) is 16.9. The number of unbranched alkanes of at least 4 members (excludes halogenated alkanes) is 6. The summed E-state index contributed by atoms with van der Waals surface area (Å²) in [6.45, 7) is 10.3. The molecule has 0 unspecified atom stereocenters. The summed E-state index contributed by atoms with van der Waals surface area (Å²) in [6, 6.07) is 0. The van der Waals surface area contributed by atoms with Crippen molar-refractivity contribution in [2.75, 3.05) is 20.6 Å². The molecule has 0 radical (unpaired) electrons. The van der Waals surface area contributed by atoms with Crippen molar-refractivity contribution < 1.29 is 4.59 Å². The van der Waals surface area contributed by atoms with Gasteiger partial charge in [-0.1, -0.05) is 45.4 Å². The number of rotatable bonds is 9. The van der Waals surface area contributed by atoms with Crippen LogP contribution in [0.4, 0.5) is 0 Å². The molecule has 0 aliphatic carbocycles. The highest BCUT2D eigenvalue weighted by molar-refractivity contribution is 4.58. The van der Waals surface area contributed by atoms with E-state index in [1.807, 2.05) is 0 Å². The summed E-state index contributed by atoms with van der Waals surface area (Å²) in [4.78, 5) is 0. The van der Waals surface area contributed by atoms with Gasteiger partial charge in [-0.15, -0.1) is 0 Å². The fourth-order valence-electron chi connectivity index (χ4n) is 1.68. The molecule has 0 heterocycles. The first-order valence-electron chi connectivity index (χ1n) is 7.40. The minimum atomic E-state index is 0.265. The minimum Gasteiger partial charge on any atom is -0.246 e. The van der Waals surface area contributed by atoms with Gasteiger partial charge < -0.3 is 0 Å². The summed E-state index contributed by atoms with van der Waals surface area (Å²) in [5.74, 6) is 0. The van der Waals surface area contributed by atoms with Crippen LogP contribution in [0.2, 0.25) is 0 Å². The van der Waals surface area contributed by atoms with Gasteiger partial charge in [0.2, 0.25) is 0 Å². The lowest BCUT2D eigenvalue weighted by Crippen LogP contribution is -2.62. The molecule has 2 nitrogen and oxygen atoms in total. The molecule has 0 atom stereocenters. The molecule has 0 amide bonds. The van der Waals surface area contributed by atoms with Crippen molar-refractivity contribution in [1.29, 1.82) is 0 Å². The van der Waals surface area contributed by atoms with Crippen molar-refractivity contribution in [3.63, 3.8) is 0 Å². The van der Waals surface area contributed by atoms with E-state index in [0.29, 0.717) is 0 Å². The molecule has 0 aromatic carbocycles. The zero-order valence-electron chi connectivity index (χ0n) is 13.1. The molecule has 2 heteroatoms. The van der Waals surface area contributed by atoms with Crippen LogP contribution in [0.25, 0.3) is 0 Å². The summed E-state index contributed by atoms with van der Waals surface area (Å²) >= 11 is 0. The van der Waals surface area contributed by atoms with Crippen LogP contribution in [0.1, 0.15) is 72.6 Å². The van der Waals surface area contributed by atoms with Gasteiger partial charge in [0.15, 0.2) is 0 Å². The molecular formula is C15H35N2+. The predicted octanol–water partition coefficient (Wildman–Crippen LogP) is 4.12. The van der Waals surface area contributed by atoms with Crippen molar-refractivity contribution in [3.8, 4) is 0 Å². The molecule has 17 heavy (non-hydrogen) atoms. The van der Waals surface area contributed by atoms with Crippen molar-refractivity contribution in [1.82, 2.24) is 5.43 Å². The monoisotopic (exact) mass is 243 g/mol. The second-order valence-corrected chi connectivity index (χ2v) is 6.65. The van der Waals surface area contributed by atoms with Crippen LogP contribution in [0.15, 0.2) is 0 Å². The Hall–Kier alpha value is -0.0800. The summed E-state index contributed by atoms with van der Waals surface area (Å²) in [6.07, 6.45) is 9.69. The maximum absolute atomic E-state index is 3.64. The first-order valence-corrected chi connectivity index (χ1v) is 7.40. The number of nitrogens with zero attached hydrogens (tertiary/aromatic N) is 1. The molecule has 0 saturated carbocycles. The number of hydrogen-bond donors (Lipinski definition) is 1. The van der Waals surface area contributed by atoms with E-state index >= 15 is 0 Å². The Kier molecular flexibility index (Phi) is 8.06. The van der Waals surface area contributed by atoms with Crippen molar-refractivity contribution in [3.05, 3.63) is 0 Å². The molecule has 104 valence electrons. The van der Waals surface area contributed by atoms with Crippen molar-refractivity contribution >= 4 is 0 Å². The Morgan fingerprint density at radius 1 is 0.824 bits per heavy atom. The van der Waals surface area contributed by atoms with Crippen LogP contribution >= 0.6 is 0 Å². The molecular weight excluding hydrogens is 208 g/mol. The molecule has 0 rings (SSSR count). The van der Waals surface area contributed by atoms with Crippen LogP contribution < -0.4 is 5.43 Å².